The molecule has 0 aliphatic carbocycles. The summed E-state index contributed by atoms with van der Waals surface area (Å²) in [4.78, 5) is 23.8. The lowest BCUT2D eigenvalue weighted by Gasteiger charge is -2.18. The summed E-state index contributed by atoms with van der Waals surface area (Å²) in [6.07, 6.45) is 0.270. The SMILES string of the molecule is COC(=O)CC(NC(=O)CCOc1ccccc1)c1ccc(Br)cc1. The third kappa shape index (κ3) is 6.58. The minimum absolute atomic E-state index is 0.0728. The molecule has 0 bridgehead atoms. The molecule has 0 saturated heterocycles. The van der Waals surface area contributed by atoms with Crippen LogP contribution in [-0.2, 0) is 14.3 Å². The zero-order chi connectivity index (χ0) is 18.1. The van der Waals surface area contributed by atoms with Gasteiger partial charge in [0.05, 0.1) is 32.6 Å². The first-order valence-corrected chi connectivity index (χ1v) is 8.67. The van der Waals surface area contributed by atoms with Gasteiger partial charge in [-0.05, 0) is 29.8 Å². The molecule has 0 radical (unpaired) electrons. The number of carbonyl (C=O) groups is 2. The molecule has 1 amide bonds. The van der Waals surface area contributed by atoms with E-state index in [9.17, 15) is 9.59 Å². The molecule has 0 aliphatic rings. The van der Waals surface area contributed by atoms with E-state index < -0.39 is 6.04 Å². The smallest absolute Gasteiger partial charge is 0.307 e. The summed E-state index contributed by atoms with van der Waals surface area (Å²) in [5.41, 5.74) is 0.839. The van der Waals surface area contributed by atoms with Crippen LogP contribution >= 0.6 is 15.9 Å². The Balaban J connectivity index is 1.92. The van der Waals surface area contributed by atoms with Crippen molar-refractivity contribution in [1.29, 1.82) is 0 Å². The van der Waals surface area contributed by atoms with Crippen molar-refractivity contribution in [3.05, 3.63) is 64.6 Å². The number of rotatable bonds is 8. The summed E-state index contributed by atoms with van der Waals surface area (Å²) in [6.45, 7) is 0.265. The Morgan fingerprint density at radius 2 is 1.76 bits per heavy atom. The Labute approximate surface area is 155 Å². The largest absolute Gasteiger partial charge is 0.493 e. The molecule has 2 aromatic carbocycles. The van der Waals surface area contributed by atoms with E-state index in [2.05, 4.69) is 21.2 Å². The molecule has 0 fully saturated rings. The molecule has 0 saturated carbocycles. The van der Waals surface area contributed by atoms with Crippen LogP contribution in [0.4, 0.5) is 0 Å². The number of hydrogen-bond acceptors (Lipinski definition) is 4. The van der Waals surface area contributed by atoms with Gasteiger partial charge in [0.1, 0.15) is 5.75 Å². The van der Waals surface area contributed by atoms with E-state index in [1.807, 2.05) is 54.6 Å². The lowest BCUT2D eigenvalue weighted by molar-refractivity contribution is -0.141. The third-order valence-electron chi connectivity index (χ3n) is 3.55. The number of ether oxygens (including phenoxy) is 2. The molecule has 1 atom stereocenters. The maximum absolute atomic E-state index is 12.2. The monoisotopic (exact) mass is 405 g/mol. The van der Waals surface area contributed by atoms with Gasteiger partial charge in [-0.15, -0.1) is 0 Å². The standard InChI is InChI=1S/C19H20BrNO4/c1-24-19(23)13-17(14-7-9-15(20)10-8-14)21-18(22)11-12-25-16-5-3-2-4-6-16/h2-10,17H,11-13H2,1H3,(H,21,22). The maximum atomic E-state index is 12.2. The van der Waals surface area contributed by atoms with Gasteiger partial charge in [0.25, 0.3) is 0 Å². The van der Waals surface area contributed by atoms with Crippen LogP contribution in [0.15, 0.2) is 59.1 Å². The van der Waals surface area contributed by atoms with Crippen LogP contribution in [0.25, 0.3) is 0 Å². The zero-order valence-corrected chi connectivity index (χ0v) is 15.5. The topological polar surface area (TPSA) is 64.6 Å². The first-order valence-electron chi connectivity index (χ1n) is 7.88. The number of benzene rings is 2. The van der Waals surface area contributed by atoms with Crippen molar-refractivity contribution in [2.24, 2.45) is 0 Å². The second kappa shape index (κ2) is 9.84. The molecule has 0 aliphatic heterocycles. The Morgan fingerprint density at radius 1 is 1.08 bits per heavy atom. The minimum atomic E-state index is -0.440. The fourth-order valence-corrected chi connectivity index (χ4v) is 2.51. The van der Waals surface area contributed by atoms with Gasteiger partial charge in [0.15, 0.2) is 0 Å². The predicted octanol–water partition coefficient (Wildman–Crippen LogP) is 3.64. The normalized spacial score (nSPS) is 11.4. The number of hydrogen-bond donors (Lipinski definition) is 1. The minimum Gasteiger partial charge on any atom is -0.493 e. The molecule has 1 N–H and O–H groups in total. The van der Waals surface area contributed by atoms with Crippen LogP contribution in [0.5, 0.6) is 5.75 Å². The van der Waals surface area contributed by atoms with Crippen molar-refractivity contribution >= 4 is 27.8 Å². The summed E-state index contributed by atoms with van der Waals surface area (Å²) in [5, 5.41) is 2.87. The number of esters is 1. The Kier molecular flexibility index (Phi) is 7.47. The highest BCUT2D eigenvalue weighted by Gasteiger charge is 2.19. The molecule has 5 nitrogen and oxygen atoms in total. The van der Waals surface area contributed by atoms with Gasteiger partial charge in [-0.25, -0.2) is 0 Å². The highest BCUT2D eigenvalue weighted by atomic mass is 79.9. The van der Waals surface area contributed by atoms with Crippen LogP contribution in [0, 0.1) is 0 Å². The van der Waals surface area contributed by atoms with E-state index in [1.165, 1.54) is 7.11 Å². The number of methoxy groups -OCH3 is 1. The van der Waals surface area contributed by atoms with E-state index in [4.69, 9.17) is 9.47 Å². The highest BCUT2D eigenvalue weighted by molar-refractivity contribution is 9.10. The summed E-state index contributed by atoms with van der Waals surface area (Å²) >= 11 is 3.37. The van der Waals surface area contributed by atoms with Crippen molar-refractivity contribution in [2.75, 3.05) is 13.7 Å². The van der Waals surface area contributed by atoms with E-state index in [0.29, 0.717) is 5.75 Å². The van der Waals surface area contributed by atoms with E-state index in [-0.39, 0.29) is 31.3 Å². The molecule has 132 valence electrons. The highest BCUT2D eigenvalue weighted by Crippen LogP contribution is 2.20. The van der Waals surface area contributed by atoms with Crippen molar-refractivity contribution in [2.45, 2.75) is 18.9 Å². The lowest BCUT2D eigenvalue weighted by Crippen LogP contribution is -2.31. The summed E-state index contributed by atoms with van der Waals surface area (Å²) in [6, 6.07) is 16.3. The summed E-state index contributed by atoms with van der Waals surface area (Å²) in [7, 11) is 1.33. The van der Waals surface area contributed by atoms with Gasteiger partial charge in [-0.1, -0.05) is 46.3 Å². The molecule has 25 heavy (non-hydrogen) atoms. The van der Waals surface area contributed by atoms with Crippen molar-refractivity contribution in [1.82, 2.24) is 5.32 Å². The van der Waals surface area contributed by atoms with Crippen molar-refractivity contribution < 1.29 is 19.1 Å². The van der Waals surface area contributed by atoms with Crippen molar-refractivity contribution in [3.8, 4) is 5.75 Å². The molecule has 0 spiro atoms. The van der Waals surface area contributed by atoms with Gasteiger partial charge in [0.2, 0.25) is 5.91 Å². The first-order chi connectivity index (χ1) is 12.1. The van der Waals surface area contributed by atoms with E-state index >= 15 is 0 Å². The number of nitrogens with one attached hydrogen (secondary N) is 1. The van der Waals surface area contributed by atoms with Gasteiger partial charge >= 0.3 is 5.97 Å². The summed E-state index contributed by atoms with van der Waals surface area (Å²) < 4.78 is 11.2. The molecule has 1 unspecified atom stereocenters. The quantitative estimate of drug-likeness (QED) is 0.680. The van der Waals surface area contributed by atoms with Crippen molar-refractivity contribution in [3.63, 3.8) is 0 Å². The molecular weight excluding hydrogens is 386 g/mol. The Morgan fingerprint density at radius 3 is 2.40 bits per heavy atom. The average molecular weight is 406 g/mol. The van der Waals surface area contributed by atoms with Crippen LogP contribution in [0.3, 0.4) is 0 Å². The van der Waals surface area contributed by atoms with Gasteiger partial charge in [-0.2, -0.15) is 0 Å². The molecule has 2 aromatic rings. The first kappa shape index (κ1) is 19.0. The fraction of sp³-hybridized carbons (Fsp3) is 0.263. The predicted molar refractivity (Wildman–Crippen MR) is 98.2 cm³/mol. The fourth-order valence-electron chi connectivity index (χ4n) is 2.24. The van der Waals surface area contributed by atoms with Gasteiger partial charge < -0.3 is 14.8 Å². The maximum Gasteiger partial charge on any atom is 0.307 e. The van der Waals surface area contributed by atoms with E-state index in [0.717, 1.165) is 10.0 Å². The van der Waals surface area contributed by atoms with Crippen LogP contribution < -0.4 is 10.1 Å². The molecular formula is C19H20BrNO4. The number of carbonyl (C=O) groups excluding carboxylic acids is 2. The summed E-state index contributed by atoms with van der Waals surface area (Å²) in [5.74, 6) is 0.149. The Hall–Kier alpha value is -2.34. The molecule has 0 heterocycles. The number of para-hydroxylation sites is 1. The average Bonchev–Trinajstić information content (AvgIpc) is 2.62. The lowest BCUT2D eigenvalue weighted by atomic mass is 10.0. The van der Waals surface area contributed by atoms with Gasteiger partial charge in [0, 0.05) is 4.47 Å². The van der Waals surface area contributed by atoms with Crippen LogP contribution in [-0.4, -0.2) is 25.6 Å². The molecule has 6 heteroatoms. The Bertz CT molecular complexity index is 688. The second-order valence-electron chi connectivity index (χ2n) is 5.36. The molecule has 0 aromatic heterocycles. The third-order valence-corrected chi connectivity index (χ3v) is 4.08. The van der Waals surface area contributed by atoms with Crippen LogP contribution in [0.2, 0.25) is 0 Å². The number of halogens is 1. The number of amides is 1. The van der Waals surface area contributed by atoms with Gasteiger partial charge in [-0.3, -0.25) is 9.59 Å². The van der Waals surface area contributed by atoms with E-state index in [1.54, 1.807) is 0 Å². The van der Waals surface area contributed by atoms with Crippen LogP contribution in [0.1, 0.15) is 24.4 Å². The second-order valence-corrected chi connectivity index (χ2v) is 6.28. The molecule has 2 rings (SSSR count). The zero-order valence-electron chi connectivity index (χ0n) is 13.9.